The molecule has 1 spiro atoms. The number of hydrogen-bond acceptors (Lipinski definition) is 3. The second-order valence-electron chi connectivity index (χ2n) is 14.6. The molecule has 2 aliphatic carbocycles. The summed E-state index contributed by atoms with van der Waals surface area (Å²) >= 11 is 0. The summed E-state index contributed by atoms with van der Waals surface area (Å²) in [6.45, 7) is 0. The number of rotatable bonds is 4. The summed E-state index contributed by atoms with van der Waals surface area (Å²) in [5, 5.41) is 4.35. The lowest BCUT2D eigenvalue weighted by Crippen LogP contribution is -2.26. The lowest BCUT2D eigenvalue weighted by molar-refractivity contribution is 0.670. The Balaban J connectivity index is 1.18. The molecule has 12 rings (SSSR count). The fourth-order valence-electron chi connectivity index (χ4n) is 9.76. The smallest absolute Gasteiger partial charge is 0.155 e. The highest BCUT2D eigenvalue weighted by Crippen LogP contribution is 2.64. The number of nitrogens with zero attached hydrogens (tertiary/aromatic N) is 2. The summed E-state index contributed by atoms with van der Waals surface area (Å²) in [4.78, 5) is 7.27. The van der Waals surface area contributed by atoms with E-state index in [2.05, 4.69) is 187 Å². The summed E-state index contributed by atoms with van der Waals surface area (Å²) in [5.41, 5.74) is 17.0. The van der Waals surface area contributed by atoms with Gasteiger partial charge in [0.25, 0.3) is 0 Å². The predicted octanol–water partition coefficient (Wildman–Crippen LogP) is 13.6. The van der Waals surface area contributed by atoms with Crippen molar-refractivity contribution in [1.29, 1.82) is 0 Å². The zero-order valence-electron chi connectivity index (χ0n) is 29.8. The van der Waals surface area contributed by atoms with Crippen molar-refractivity contribution in [2.24, 2.45) is 0 Å². The highest BCUT2D eigenvalue weighted by Gasteiger charge is 2.52. The van der Waals surface area contributed by atoms with Gasteiger partial charge in [-0.1, -0.05) is 158 Å². The third-order valence-electron chi connectivity index (χ3n) is 12.0. The summed E-state index contributed by atoms with van der Waals surface area (Å²) in [6.07, 6.45) is 3.87. The van der Waals surface area contributed by atoms with Gasteiger partial charge in [0.2, 0.25) is 0 Å². The number of anilines is 3. The van der Waals surface area contributed by atoms with Gasteiger partial charge in [0.15, 0.2) is 5.58 Å². The van der Waals surface area contributed by atoms with Gasteiger partial charge in [-0.15, -0.1) is 0 Å². The molecule has 0 radical (unpaired) electrons. The molecule has 55 heavy (non-hydrogen) atoms. The quantitative estimate of drug-likeness (QED) is 0.183. The second-order valence-corrected chi connectivity index (χ2v) is 14.6. The number of pyridine rings is 1. The third-order valence-corrected chi connectivity index (χ3v) is 12.0. The Hall–Kier alpha value is -7.23. The van der Waals surface area contributed by atoms with Crippen LogP contribution in [0.5, 0.6) is 0 Å². The van der Waals surface area contributed by atoms with Crippen LogP contribution >= 0.6 is 0 Å². The summed E-state index contributed by atoms with van der Waals surface area (Å²) in [7, 11) is 0. The highest BCUT2D eigenvalue weighted by molar-refractivity contribution is 6.19. The Bertz CT molecular complexity index is 3110. The van der Waals surface area contributed by atoms with Crippen LogP contribution in [-0.2, 0) is 5.41 Å². The molecule has 3 nitrogen and oxygen atoms in total. The molecule has 0 saturated carbocycles. The van der Waals surface area contributed by atoms with Crippen LogP contribution in [0.2, 0.25) is 0 Å². The molecule has 0 amide bonds. The molecule has 0 atom stereocenters. The third kappa shape index (κ3) is 4.07. The van der Waals surface area contributed by atoms with E-state index < -0.39 is 5.41 Å². The van der Waals surface area contributed by atoms with Crippen LogP contribution in [0.25, 0.3) is 66.1 Å². The molecule has 256 valence electrons. The Labute approximate surface area is 318 Å². The molecular formula is C52H32N2O. The standard InChI is InChI=1S/C52H32N2O/c1-2-13-33(14-3-1)34-25-28-36(29-26-34)54(47-31-53-32-48-50(47)41-30-27-35-15-4-5-16-37(35)51(41)55-48)46-24-12-23-45-49(46)40-19-8-11-22-44(40)52(45)42-20-9-6-17-38(42)39-18-7-10-21-43(39)52/h1-32H. The fourth-order valence-corrected chi connectivity index (χ4v) is 9.76. The van der Waals surface area contributed by atoms with Crippen molar-refractivity contribution in [3.05, 3.63) is 217 Å². The molecule has 0 N–H and O–H groups in total. The van der Waals surface area contributed by atoms with Crippen molar-refractivity contribution in [1.82, 2.24) is 4.98 Å². The summed E-state index contributed by atoms with van der Waals surface area (Å²) in [5.74, 6) is 0. The first-order valence-corrected chi connectivity index (χ1v) is 18.9. The van der Waals surface area contributed by atoms with Crippen LogP contribution < -0.4 is 4.90 Å². The van der Waals surface area contributed by atoms with E-state index in [1.165, 1.54) is 55.6 Å². The average Bonchev–Trinajstić information content (AvgIpc) is 3.90. The van der Waals surface area contributed by atoms with E-state index in [0.717, 1.165) is 49.8 Å². The van der Waals surface area contributed by atoms with Crippen molar-refractivity contribution in [2.75, 3.05) is 4.90 Å². The number of aromatic nitrogens is 1. The van der Waals surface area contributed by atoms with E-state index in [0.29, 0.717) is 0 Å². The molecule has 0 saturated heterocycles. The lowest BCUT2D eigenvalue weighted by Gasteiger charge is -2.32. The van der Waals surface area contributed by atoms with Gasteiger partial charge in [-0.3, -0.25) is 4.98 Å². The summed E-state index contributed by atoms with van der Waals surface area (Å²) in [6, 6.07) is 66.2. The van der Waals surface area contributed by atoms with Crippen molar-refractivity contribution < 1.29 is 4.42 Å². The van der Waals surface area contributed by atoms with E-state index in [1.54, 1.807) is 0 Å². The van der Waals surface area contributed by atoms with Crippen LogP contribution in [0.1, 0.15) is 22.3 Å². The van der Waals surface area contributed by atoms with Gasteiger partial charge in [0.05, 0.1) is 34.6 Å². The maximum atomic E-state index is 6.72. The Morgan fingerprint density at radius 2 is 1.05 bits per heavy atom. The van der Waals surface area contributed by atoms with Crippen LogP contribution in [-0.4, -0.2) is 4.98 Å². The van der Waals surface area contributed by atoms with E-state index in [4.69, 9.17) is 9.40 Å². The van der Waals surface area contributed by atoms with Crippen molar-refractivity contribution in [2.45, 2.75) is 5.41 Å². The topological polar surface area (TPSA) is 29.3 Å². The maximum Gasteiger partial charge on any atom is 0.155 e. The van der Waals surface area contributed by atoms with E-state index in [1.807, 2.05) is 12.4 Å². The van der Waals surface area contributed by atoms with Crippen molar-refractivity contribution >= 4 is 49.8 Å². The van der Waals surface area contributed by atoms with E-state index >= 15 is 0 Å². The number of fused-ring (bicyclic) bond motifs is 15. The molecule has 10 aromatic rings. The van der Waals surface area contributed by atoms with Gasteiger partial charge < -0.3 is 9.32 Å². The number of hydrogen-bond donors (Lipinski definition) is 0. The molecule has 2 aromatic heterocycles. The Morgan fingerprint density at radius 3 is 1.82 bits per heavy atom. The number of benzene rings is 8. The van der Waals surface area contributed by atoms with Gasteiger partial charge >= 0.3 is 0 Å². The first-order valence-electron chi connectivity index (χ1n) is 18.9. The molecule has 8 aromatic carbocycles. The lowest BCUT2D eigenvalue weighted by atomic mass is 9.70. The van der Waals surface area contributed by atoms with Crippen LogP contribution in [0.4, 0.5) is 17.1 Å². The molecule has 3 heteroatoms. The van der Waals surface area contributed by atoms with Crippen LogP contribution in [0.3, 0.4) is 0 Å². The van der Waals surface area contributed by atoms with Gasteiger partial charge in [0.1, 0.15) is 5.58 Å². The molecular weight excluding hydrogens is 669 g/mol. The first-order chi connectivity index (χ1) is 27.3. The molecule has 0 unspecified atom stereocenters. The highest BCUT2D eigenvalue weighted by atomic mass is 16.3. The van der Waals surface area contributed by atoms with E-state index in [9.17, 15) is 0 Å². The second kappa shape index (κ2) is 11.4. The van der Waals surface area contributed by atoms with Gasteiger partial charge in [0, 0.05) is 22.0 Å². The van der Waals surface area contributed by atoms with Crippen molar-refractivity contribution in [3.63, 3.8) is 0 Å². The summed E-state index contributed by atoms with van der Waals surface area (Å²) < 4.78 is 6.72. The first kappa shape index (κ1) is 30.3. The fraction of sp³-hybridized carbons (Fsp3) is 0.0192. The minimum atomic E-state index is -0.455. The minimum absolute atomic E-state index is 0.455. The van der Waals surface area contributed by atoms with Gasteiger partial charge in [-0.25, -0.2) is 0 Å². The normalized spacial score (nSPS) is 13.2. The minimum Gasteiger partial charge on any atom is -0.454 e. The van der Waals surface area contributed by atoms with Gasteiger partial charge in [-0.05, 0) is 79.7 Å². The predicted molar refractivity (Wildman–Crippen MR) is 225 cm³/mol. The molecule has 0 bridgehead atoms. The largest absolute Gasteiger partial charge is 0.454 e. The van der Waals surface area contributed by atoms with Crippen LogP contribution in [0.15, 0.2) is 199 Å². The molecule has 0 aliphatic heterocycles. The van der Waals surface area contributed by atoms with Gasteiger partial charge in [-0.2, -0.15) is 0 Å². The zero-order valence-corrected chi connectivity index (χ0v) is 29.8. The maximum absolute atomic E-state index is 6.72. The van der Waals surface area contributed by atoms with Crippen LogP contribution in [0, 0.1) is 0 Å². The Kier molecular flexibility index (Phi) is 6.26. The monoisotopic (exact) mass is 700 g/mol. The Morgan fingerprint density at radius 1 is 0.436 bits per heavy atom. The molecule has 2 heterocycles. The number of furan rings is 1. The van der Waals surface area contributed by atoms with Crippen molar-refractivity contribution in [3.8, 4) is 33.4 Å². The molecule has 0 fully saturated rings. The average molecular weight is 701 g/mol. The molecule has 2 aliphatic rings. The van der Waals surface area contributed by atoms with E-state index in [-0.39, 0.29) is 0 Å². The zero-order chi connectivity index (χ0) is 36.1. The SMILES string of the molecule is c1ccc(-c2ccc(N(c3cccc4c3-c3ccccc3C43c4ccccc4-c4ccccc43)c3cncc4oc5c6ccccc6ccc5c34)cc2)cc1.